The Morgan fingerprint density at radius 1 is 1.43 bits per heavy atom. The largest absolute Gasteiger partial charge is 0.394 e. The van der Waals surface area contributed by atoms with E-state index in [2.05, 4.69) is 4.90 Å². The van der Waals surface area contributed by atoms with E-state index in [-0.39, 0.29) is 12.1 Å². The third kappa shape index (κ3) is 0.829. The van der Waals surface area contributed by atoms with Crippen LogP contribution < -0.4 is 0 Å². The molecule has 3 fully saturated rings. The second-order valence-corrected chi connectivity index (χ2v) is 5.09. The summed E-state index contributed by atoms with van der Waals surface area (Å²) in [5.74, 6) is 0. The van der Waals surface area contributed by atoms with Crippen molar-refractivity contribution < 1.29 is 9.50 Å². The van der Waals surface area contributed by atoms with Gasteiger partial charge in [-0.3, -0.25) is 4.90 Å². The van der Waals surface area contributed by atoms with Gasteiger partial charge in [0.2, 0.25) is 0 Å². The first-order chi connectivity index (χ1) is 6.76. The maximum absolute atomic E-state index is 12.5. The summed E-state index contributed by atoms with van der Waals surface area (Å²) in [7, 11) is 0. The molecule has 0 amide bonds. The van der Waals surface area contributed by atoms with E-state index in [0.717, 1.165) is 31.4 Å². The topological polar surface area (TPSA) is 23.5 Å². The molecule has 2 saturated heterocycles. The first kappa shape index (κ1) is 8.86. The Kier molecular flexibility index (Phi) is 1.63. The van der Waals surface area contributed by atoms with Gasteiger partial charge in [-0.05, 0) is 43.2 Å². The summed E-state index contributed by atoms with van der Waals surface area (Å²) in [4.78, 5) is 2.30. The lowest BCUT2D eigenvalue weighted by Crippen LogP contribution is -2.47. The number of rotatable bonds is 1. The summed E-state index contributed by atoms with van der Waals surface area (Å²) in [5, 5.41) is 9.62. The summed E-state index contributed by atoms with van der Waals surface area (Å²) in [6, 6.07) is 0. The van der Waals surface area contributed by atoms with Gasteiger partial charge in [-0.2, -0.15) is 0 Å². The van der Waals surface area contributed by atoms with Gasteiger partial charge in [0.25, 0.3) is 0 Å². The van der Waals surface area contributed by atoms with Gasteiger partial charge >= 0.3 is 0 Å². The highest BCUT2D eigenvalue weighted by atomic mass is 19.1. The summed E-state index contributed by atoms with van der Waals surface area (Å²) in [6.45, 7) is 1.97. The summed E-state index contributed by atoms with van der Waals surface area (Å²) in [6.07, 6.45) is 5.15. The molecule has 2 aliphatic heterocycles. The van der Waals surface area contributed by atoms with Crippen LogP contribution in [0.1, 0.15) is 25.7 Å². The molecule has 3 rings (SSSR count). The molecule has 2 nitrogen and oxygen atoms in total. The van der Waals surface area contributed by atoms with Crippen LogP contribution in [0.2, 0.25) is 0 Å². The Bertz CT molecular complexity index is 298. The number of halogens is 1. The average Bonchev–Trinajstić information content (AvgIpc) is 2.82. The van der Waals surface area contributed by atoms with E-state index < -0.39 is 0 Å². The van der Waals surface area contributed by atoms with Crippen LogP contribution in [-0.2, 0) is 0 Å². The van der Waals surface area contributed by atoms with Gasteiger partial charge in [0.15, 0.2) is 0 Å². The highest BCUT2D eigenvalue weighted by Crippen LogP contribution is 2.66. The average molecular weight is 197 g/mol. The zero-order valence-electron chi connectivity index (χ0n) is 8.30. The van der Waals surface area contributed by atoms with Crippen molar-refractivity contribution >= 4 is 0 Å². The summed E-state index contributed by atoms with van der Waals surface area (Å²) >= 11 is 0. The number of hydrogen-bond acceptors (Lipinski definition) is 2. The molecule has 0 bridgehead atoms. The molecular formula is C11H16FNO. The van der Waals surface area contributed by atoms with E-state index in [0.29, 0.717) is 5.41 Å². The number of aliphatic hydroxyl groups excluding tert-OH is 1. The van der Waals surface area contributed by atoms with Gasteiger partial charge in [0.05, 0.1) is 18.5 Å². The Morgan fingerprint density at radius 3 is 2.79 bits per heavy atom. The lowest BCUT2D eigenvalue weighted by molar-refractivity contribution is 0.0574. The van der Waals surface area contributed by atoms with E-state index >= 15 is 0 Å². The van der Waals surface area contributed by atoms with Crippen molar-refractivity contribution in [2.45, 2.75) is 31.2 Å². The van der Waals surface area contributed by atoms with Crippen LogP contribution in [-0.4, -0.2) is 35.2 Å². The molecule has 0 radical (unpaired) electrons. The van der Waals surface area contributed by atoms with Gasteiger partial charge in [-0.15, -0.1) is 0 Å². The van der Waals surface area contributed by atoms with E-state index in [4.69, 9.17) is 0 Å². The minimum Gasteiger partial charge on any atom is -0.394 e. The minimum atomic E-state index is -0.0923. The van der Waals surface area contributed by atoms with Crippen molar-refractivity contribution in [1.82, 2.24) is 4.90 Å². The molecule has 14 heavy (non-hydrogen) atoms. The molecule has 3 aliphatic rings. The van der Waals surface area contributed by atoms with Gasteiger partial charge in [0, 0.05) is 6.54 Å². The van der Waals surface area contributed by atoms with Gasteiger partial charge in [-0.1, -0.05) is 0 Å². The number of nitrogens with zero attached hydrogens (tertiary/aromatic N) is 1. The smallest absolute Gasteiger partial charge is 0.0872 e. The summed E-state index contributed by atoms with van der Waals surface area (Å²) < 4.78 is 12.5. The minimum absolute atomic E-state index is 0.0923. The van der Waals surface area contributed by atoms with Crippen molar-refractivity contribution in [3.8, 4) is 0 Å². The van der Waals surface area contributed by atoms with Crippen molar-refractivity contribution in [2.75, 3.05) is 19.7 Å². The maximum atomic E-state index is 12.5. The Labute approximate surface area is 83.4 Å². The second-order valence-electron chi connectivity index (χ2n) is 5.09. The van der Waals surface area contributed by atoms with E-state index in [1.807, 2.05) is 0 Å². The molecule has 1 atom stereocenters. The van der Waals surface area contributed by atoms with E-state index in [1.54, 1.807) is 0 Å². The third-order valence-corrected chi connectivity index (χ3v) is 4.64. The standard InChI is InChI=1S/C11H16FNO/c12-6-9-5-11(8-14)10(1-2-10)3-4-13(11)7-9/h6,14H,1-5,7-8H2/b9-6+/t11-/m0/s1. The molecule has 1 saturated carbocycles. The van der Waals surface area contributed by atoms with E-state index in [9.17, 15) is 9.50 Å². The normalized spacial score (nSPS) is 42.3. The molecule has 78 valence electrons. The lowest BCUT2D eigenvalue weighted by Gasteiger charge is -2.35. The zero-order chi connectivity index (χ0) is 9.81. The zero-order valence-corrected chi connectivity index (χ0v) is 8.30. The molecule has 1 aliphatic carbocycles. The molecule has 0 aromatic carbocycles. The van der Waals surface area contributed by atoms with E-state index in [1.165, 1.54) is 19.3 Å². The van der Waals surface area contributed by atoms with Crippen molar-refractivity contribution in [3.05, 3.63) is 11.9 Å². The molecule has 1 N–H and O–H groups in total. The molecule has 2 heterocycles. The third-order valence-electron chi connectivity index (χ3n) is 4.64. The van der Waals surface area contributed by atoms with Gasteiger partial charge in [0.1, 0.15) is 0 Å². The van der Waals surface area contributed by atoms with Gasteiger partial charge in [-0.25, -0.2) is 4.39 Å². The number of aliphatic hydroxyl groups is 1. The van der Waals surface area contributed by atoms with Crippen LogP contribution in [0.5, 0.6) is 0 Å². The van der Waals surface area contributed by atoms with Crippen LogP contribution in [0.3, 0.4) is 0 Å². The molecule has 0 aromatic rings. The monoisotopic (exact) mass is 197 g/mol. The van der Waals surface area contributed by atoms with Crippen molar-refractivity contribution in [1.29, 1.82) is 0 Å². The fraction of sp³-hybridized carbons (Fsp3) is 0.818. The van der Waals surface area contributed by atoms with Crippen molar-refractivity contribution in [3.63, 3.8) is 0 Å². The Balaban J connectivity index is 1.98. The van der Waals surface area contributed by atoms with Crippen LogP contribution in [0, 0.1) is 5.41 Å². The quantitative estimate of drug-likeness (QED) is 0.688. The second kappa shape index (κ2) is 2.58. The van der Waals surface area contributed by atoms with Crippen LogP contribution in [0.15, 0.2) is 11.9 Å². The molecule has 0 aromatic heterocycles. The van der Waals surface area contributed by atoms with Crippen LogP contribution >= 0.6 is 0 Å². The highest BCUT2D eigenvalue weighted by Gasteiger charge is 2.66. The fourth-order valence-corrected chi connectivity index (χ4v) is 3.60. The molecule has 0 unspecified atom stereocenters. The number of fused-ring (bicyclic) bond motifs is 2. The Morgan fingerprint density at radius 2 is 2.21 bits per heavy atom. The highest BCUT2D eigenvalue weighted by molar-refractivity contribution is 5.28. The van der Waals surface area contributed by atoms with Crippen molar-refractivity contribution in [2.24, 2.45) is 5.41 Å². The first-order valence-electron chi connectivity index (χ1n) is 5.40. The van der Waals surface area contributed by atoms with Crippen LogP contribution in [0.25, 0.3) is 0 Å². The molecule has 3 heteroatoms. The number of hydrogen-bond donors (Lipinski definition) is 1. The fourth-order valence-electron chi connectivity index (χ4n) is 3.60. The van der Waals surface area contributed by atoms with Crippen LogP contribution in [0.4, 0.5) is 4.39 Å². The molecular weight excluding hydrogens is 181 g/mol. The lowest BCUT2D eigenvalue weighted by atomic mass is 9.80. The maximum Gasteiger partial charge on any atom is 0.0872 e. The molecule has 1 spiro atoms. The summed E-state index contributed by atoms with van der Waals surface area (Å²) in [5.41, 5.74) is 1.11. The first-order valence-corrected chi connectivity index (χ1v) is 5.40. The Hall–Kier alpha value is -0.410. The van der Waals surface area contributed by atoms with Gasteiger partial charge < -0.3 is 5.11 Å². The predicted molar refractivity (Wildman–Crippen MR) is 51.5 cm³/mol. The predicted octanol–water partition coefficient (Wildman–Crippen LogP) is 1.46. The SMILES string of the molecule is OC[C@]12C/C(=C\F)CN1CCC21CC1.